The van der Waals surface area contributed by atoms with E-state index in [4.69, 9.17) is 9.47 Å². The zero-order chi connectivity index (χ0) is 34.3. The van der Waals surface area contributed by atoms with Gasteiger partial charge >= 0.3 is 0 Å². The maximum Gasteiger partial charge on any atom is 0.264 e. The van der Waals surface area contributed by atoms with Crippen LogP contribution in [0.25, 0.3) is 21.7 Å². The zero-order valence-corrected chi connectivity index (χ0v) is 31.1. The van der Waals surface area contributed by atoms with E-state index in [9.17, 15) is 13.2 Å². The molecule has 6 aromatic rings. The average Bonchev–Trinajstić information content (AvgIpc) is 3.73. The van der Waals surface area contributed by atoms with Crippen molar-refractivity contribution < 1.29 is 22.7 Å². The number of aromatic nitrogens is 1. The van der Waals surface area contributed by atoms with Gasteiger partial charge in [0.25, 0.3) is 15.9 Å². The molecule has 8 rings (SSSR count). The third kappa shape index (κ3) is 6.29. The monoisotopic (exact) mass is 817 g/mol. The SMILES string of the molecule is COc1ccc(C(=O)N2Cc3ccccc3-c3sc(Br)cc32)cc1.COc1ccc(S(=O)(=O)N2Cc3ccccc3-c3[nH]c(Br)cc32)cc1. The van der Waals surface area contributed by atoms with Gasteiger partial charge in [0, 0.05) is 11.1 Å². The summed E-state index contributed by atoms with van der Waals surface area (Å²) < 4.78 is 39.9. The van der Waals surface area contributed by atoms with E-state index in [1.807, 2.05) is 71.6 Å². The summed E-state index contributed by atoms with van der Waals surface area (Å²) >= 11 is 8.64. The fourth-order valence-corrected chi connectivity index (χ4v) is 9.51. The van der Waals surface area contributed by atoms with Crippen LogP contribution in [0.1, 0.15) is 21.5 Å². The molecule has 0 bridgehead atoms. The predicted octanol–water partition coefficient (Wildman–Crippen LogP) is 9.51. The Bertz CT molecular complexity index is 2280. The first kappa shape index (κ1) is 33.2. The van der Waals surface area contributed by atoms with Crippen molar-refractivity contribution >= 4 is 70.5 Å². The highest BCUT2D eigenvalue weighted by Crippen LogP contribution is 2.47. The van der Waals surface area contributed by atoms with Crippen LogP contribution in [-0.4, -0.2) is 33.5 Å². The Morgan fingerprint density at radius 1 is 0.755 bits per heavy atom. The van der Waals surface area contributed by atoms with E-state index in [0.717, 1.165) is 41.5 Å². The number of benzene rings is 4. The molecule has 12 heteroatoms. The number of amides is 1. The van der Waals surface area contributed by atoms with Gasteiger partial charge in [-0.05, 0) is 109 Å². The highest BCUT2D eigenvalue weighted by atomic mass is 79.9. The van der Waals surface area contributed by atoms with Crippen molar-refractivity contribution in [3.63, 3.8) is 0 Å². The number of sulfonamides is 1. The lowest BCUT2D eigenvalue weighted by molar-refractivity contribution is 0.0985. The van der Waals surface area contributed by atoms with E-state index in [-0.39, 0.29) is 10.8 Å². The first-order chi connectivity index (χ1) is 23.7. The summed E-state index contributed by atoms with van der Waals surface area (Å²) in [4.78, 5) is 19.5. The summed E-state index contributed by atoms with van der Waals surface area (Å²) in [7, 11) is -0.524. The second-order valence-corrected chi connectivity index (χ2v) is 16.4. The van der Waals surface area contributed by atoms with Crippen LogP contribution in [0.4, 0.5) is 11.4 Å². The number of fused-ring (bicyclic) bond motifs is 6. The van der Waals surface area contributed by atoms with Gasteiger partial charge in [0.1, 0.15) is 11.5 Å². The Labute approximate surface area is 305 Å². The number of methoxy groups -OCH3 is 2. The standard InChI is InChI=1S/C19H14BrNO2S.C18H15BrN2O3S/c1-23-14-8-6-12(7-9-14)19(22)21-11-13-4-2-3-5-15(13)18-16(21)10-17(20)24-18;1-24-13-6-8-14(9-7-13)25(22,23)21-11-12-4-2-3-5-15(12)18-16(21)10-17(19)20-18/h2-10H,11H2,1H3;2-10,20H,11H2,1H3. The molecule has 0 unspecified atom stereocenters. The second-order valence-electron chi connectivity index (χ2n) is 11.3. The quantitative estimate of drug-likeness (QED) is 0.187. The van der Waals surface area contributed by atoms with E-state index in [1.54, 1.807) is 55.9 Å². The summed E-state index contributed by atoms with van der Waals surface area (Å²) in [5.41, 5.74) is 7.41. The van der Waals surface area contributed by atoms with Crippen LogP contribution < -0.4 is 18.7 Å². The van der Waals surface area contributed by atoms with Crippen molar-refractivity contribution in [2.45, 2.75) is 18.0 Å². The van der Waals surface area contributed by atoms with Crippen molar-refractivity contribution in [2.24, 2.45) is 0 Å². The molecule has 0 atom stereocenters. The predicted molar refractivity (Wildman–Crippen MR) is 201 cm³/mol. The number of H-pyrrole nitrogens is 1. The first-order valence-electron chi connectivity index (χ1n) is 15.1. The minimum Gasteiger partial charge on any atom is -0.497 e. The Balaban J connectivity index is 0.000000154. The third-order valence-electron chi connectivity index (χ3n) is 8.43. The number of ether oxygens (including phenoxy) is 2. The summed E-state index contributed by atoms with van der Waals surface area (Å²) in [6, 6.07) is 33.6. The number of carbonyl (C=O) groups excluding carboxylic acids is 1. The molecule has 2 aromatic heterocycles. The van der Waals surface area contributed by atoms with Crippen LogP contribution in [-0.2, 0) is 23.1 Å². The van der Waals surface area contributed by atoms with Crippen LogP contribution in [0, 0.1) is 0 Å². The molecule has 0 aliphatic carbocycles. The minimum absolute atomic E-state index is 0.00120. The highest BCUT2D eigenvalue weighted by molar-refractivity contribution is 9.11. The summed E-state index contributed by atoms with van der Waals surface area (Å²) in [5, 5.41) is 0. The fraction of sp³-hybridized carbons (Fsp3) is 0.108. The molecule has 4 aromatic carbocycles. The Kier molecular flexibility index (Phi) is 9.14. The number of hydrogen-bond acceptors (Lipinski definition) is 6. The number of nitrogens with one attached hydrogen (secondary N) is 1. The lowest BCUT2D eigenvalue weighted by Crippen LogP contribution is -2.32. The number of hydrogen-bond donors (Lipinski definition) is 1. The smallest absolute Gasteiger partial charge is 0.264 e. The van der Waals surface area contributed by atoms with Crippen molar-refractivity contribution in [3.05, 3.63) is 134 Å². The molecule has 4 heterocycles. The number of nitrogens with zero attached hydrogens (tertiary/aromatic N) is 2. The molecule has 0 radical (unpaired) electrons. The lowest BCUT2D eigenvalue weighted by atomic mass is 9.99. The van der Waals surface area contributed by atoms with Gasteiger partial charge in [-0.3, -0.25) is 9.10 Å². The molecule has 49 heavy (non-hydrogen) atoms. The number of carbonyl (C=O) groups is 1. The normalized spacial score (nSPS) is 12.9. The maximum atomic E-state index is 13.2. The summed E-state index contributed by atoms with van der Waals surface area (Å²) in [6.45, 7) is 0.874. The van der Waals surface area contributed by atoms with Crippen LogP contribution in [0.2, 0.25) is 0 Å². The Morgan fingerprint density at radius 3 is 2.00 bits per heavy atom. The number of halogens is 2. The van der Waals surface area contributed by atoms with E-state index >= 15 is 0 Å². The van der Waals surface area contributed by atoms with Gasteiger partial charge in [0.05, 0.1) is 62.5 Å². The summed E-state index contributed by atoms with van der Waals surface area (Å²) in [6.07, 6.45) is 0. The molecule has 1 amide bonds. The molecule has 0 fully saturated rings. The molecule has 0 saturated carbocycles. The van der Waals surface area contributed by atoms with Crippen LogP contribution >= 0.6 is 43.2 Å². The molecule has 0 spiro atoms. The number of aromatic amines is 1. The van der Waals surface area contributed by atoms with Crippen LogP contribution in [0.3, 0.4) is 0 Å². The third-order valence-corrected chi connectivity index (χ3v) is 12.3. The largest absolute Gasteiger partial charge is 0.497 e. The topological polar surface area (TPSA) is 91.9 Å². The zero-order valence-electron chi connectivity index (χ0n) is 26.3. The van der Waals surface area contributed by atoms with Crippen molar-refractivity contribution in [1.29, 1.82) is 0 Å². The van der Waals surface area contributed by atoms with E-state index < -0.39 is 10.0 Å². The number of thiophene rings is 1. The molecule has 2 aliphatic heterocycles. The molecule has 1 N–H and O–H groups in total. The van der Waals surface area contributed by atoms with Gasteiger partial charge in [-0.15, -0.1) is 11.3 Å². The number of rotatable bonds is 5. The van der Waals surface area contributed by atoms with E-state index in [2.05, 4.69) is 49.0 Å². The number of anilines is 2. The van der Waals surface area contributed by atoms with Gasteiger partial charge in [0.2, 0.25) is 0 Å². The molecule has 2 aliphatic rings. The van der Waals surface area contributed by atoms with Crippen LogP contribution in [0.15, 0.2) is 122 Å². The fourth-order valence-electron chi connectivity index (χ4n) is 6.00. The van der Waals surface area contributed by atoms with Gasteiger partial charge in [-0.1, -0.05) is 48.5 Å². The first-order valence-corrected chi connectivity index (χ1v) is 19.0. The lowest BCUT2D eigenvalue weighted by Gasteiger charge is -2.29. The van der Waals surface area contributed by atoms with E-state index in [0.29, 0.717) is 30.1 Å². The molecular weight excluding hydrogens is 790 g/mol. The molecular formula is C37H29Br2N3O5S2. The van der Waals surface area contributed by atoms with Gasteiger partial charge < -0.3 is 19.4 Å². The molecule has 0 saturated heterocycles. The van der Waals surface area contributed by atoms with Crippen molar-refractivity contribution in [2.75, 3.05) is 23.4 Å². The average molecular weight is 820 g/mol. The van der Waals surface area contributed by atoms with Gasteiger partial charge in [-0.2, -0.15) is 0 Å². The Hall–Kier alpha value is -4.36. The van der Waals surface area contributed by atoms with Gasteiger partial charge in [-0.25, -0.2) is 8.42 Å². The van der Waals surface area contributed by atoms with Crippen LogP contribution in [0.5, 0.6) is 11.5 Å². The van der Waals surface area contributed by atoms with Crippen molar-refractivity contribution in [3.8, 4) is 33.2 Å². The highest BCUT2D eigenvalue weighted by Gasteiger charge is 2.33. The van der Waals surface area contributed by atoms with Crippen molar-refractivity contribution in [1.82, 2.24) is 4.98 Å². The second kappa shape index (κ2) is 13.5. The van der Waals surface area contributed by atoms with E-state index in [1.165, 1.54) is 15.4 Å². The maximum absolute atomic E-state index is 13.2. The summed E-state index contributed by atoms with van der Waals surface area (Å²) in [5.74, 6) is 1.36. The minimum atomic E-state index is -3.69. The molecule has 248 valence electrons. The Morgan fingerprint density at radius 2 is 1.35 bits per heavy atom. The molecule has 8 nitrogen and oxygen atoms in total. The van der Waals surface area contributed by atoms with Gasteiger partial charge in [0.15, 0.2) is 0 Å².